The second kappa shape index (κ2) is 7.75. The first kappa shape index (κ1) is 19.5. The molecule has 1 aliphatic heterocycles. The van der Waals surface area contributed by atoms with Crippen LogP contribution in [0.2, 0.25) is 0 Å². The average molecular weight is 387 g/mol. The number of likely N-dealkylation sites (N-methyl/N-ethyl adjacent to an activating group) is 1. The number of carbonyl (C=O) groups excluding carboxylic acids is 3. The summed E-state index contributed by atoms with van der Waals surface area (Å²) < 4.78 is 26.5. The molecule has 0 unspecified atom stereocenters. The third-order valence-corrected chi connectivity index (χ3v) is 4.51. The molecule has 2 aromatic carbocycles. The van der Waals surface area contributed by atoms with E-state index in [1.54, 1.807) is 31.2 Å². The lowest BCUT2D eigenvalue weighted by atomic mass is 10.1. The number of hydrogen-bond donors (Lipinski definition) is 1. The fourth-order valence-electron chi connectivity index (χ4n) is 3.17. The summed E-state index contributed by atoms with van der Waals surface area (Å²) in [5.74, 6) is -3.40. The summed E-state index contributed by atoms with van der Waals surface area (Å²) in [5, 5.41) is 2.76. The standard InChI is InChI=1S/C20H19F2N3O3/c1-12-9-18(26)23-16-5-3-4-6-17(16)25(12)19(27)11-24(2)20(28)13-7-8-14(21)15(22)10-13/h3-8,10,12H,9,11H2,1-2H3,(H,23,26)/t12-/m0/s1. The van der Waals surface area contributed by atoms with Gasteiger partial charge < -0.3 is 15.1 Å². The predicted octanol–water partition coefficient (Wildman–Crippen LogP) is 2.80. The van der Waals surface area contributed by atoms with E-state index in [2.05, 4.69) is 5.32 Å². The van der Waals surface area contributed by atoms with Gasteiger partial charge in [-0.1, -0.05) is 12.1 Å². The molecule has 0 radical (unpaired) electrons. The van der Waals surface area contributed by atoms with Crippen molar-refractivity contribution in [1.82, 2.24) is 4.90 Å². The molecule has 0 saturated carbocycles. The molecule has 28 heavy (non-hydrogen) atoms. The molecule has 0 saturated heterocycles. The summed E-state index contributed by atoms with van der Waals surface area (Å²) in [4.78, 5) is 40.1. The van der Waals surface area contributed by atoms with Crippen LogP contribution < -0.4 is 10.2 Å². The van der Waals surface area contributed by atoms with E-state index in [1.807, 2.05) is 0 Å². The number of halogens is 2. The number of amides is 3. The lowest BCUT2D eigenvalue weighted by Gasteiger charge is -2.29. The van der Waals surface area contributed by atoms with E-state index < -0.39 is 29.5 Å². The molecule has 2 aromatic rings. The number of hydrogen-bond acceptors (Lipinski definition) is 3. The molecule has 1 N–H and O–H groups in total. The van der Waals surface area contributed by atoms with Crippen LogP contribution in [0.1, 0.15) is 23.7 Å². The van der Waals surface area contributed by atoms with Crippen LogP contribution in [0.3, 0.4) is 0 Å². The Balaban J connectivity index is 1.82. The normalized spacial score (nSPS) is 16.1. The van der Waals surface area contributed by atoms with E-state index >= 15 is 0 Å². The van der Waals surface area contributed by atoms with Crippen molar-refractivity contribution in [3.05, 3.63) is 59.7 Å². The van der Waals surface area contributed by atoms with Gasteiger partial charge in [-0.15, -0.1) is 0 Å². The van der Waals surface area contributed by atoms with Gasteiger partial charge in [-0.25, -0.2) is 8.78 Å². The molecule has 0 fully saturated rings. The van der Waals surface area contributed by atoms with E-state index in [0.29, 0.717) is 11.4 Å². The molecule has 0 spiro atoms. The molecule has 0 aromatic heterocycles. The van der Waals surface area contributed by atoms with Crippen molar-refractivity contribution in [2.45, 2.75) is 19.4 Å². The zero-order valence-corrected chi connectivity index (χ0v) is 15.4. The minimum absolute atomic E-state index is 0.0599. The summed E-state index contributed by atoms with van der Waals surface area (Å²) in [6.07, 6.45) is 0.112. The molecular weight excluding hydrogens is 368 g/mol. The zero-order chi connectivity index (χ0) is 20.4. The Morgan fingerprint density at radius 2 is 1.89 bits per heavy atom. The smallest absolute Gasteiger partial charge is 0.254 e. The quantitative estimate of drug-likeness (QED) is 0.881. The van der Waals surface area contributed by atoms with Crippen LogP contribution in [0.4, 0.5) is 20.2 Å². The van der Waals surface area contributed by atoms with Crippen LogP contribution in [0.15, 0.2) is 42.5 Å². The third kappa shape index (κ3) is 3.85. The summed E-state index contributed by atoms with van der Waals surface area (Å²) in [6.45, 7) is 1.46. The number of benzene rings is 2. The maximum absolute atomic E-state index is 13.4. The summed E-state index contributed by atoms with van der Waals surface area (Å²) in [7, 11) is 1.40. The van der Waals surface area contributed by atoms with E-state index in [4.69, 9.17) is 0 Å². The monoisotopic (exact) mass is 387 g/mol. The van der Waals surface area contributed by atoms with E-state index in [1.165, 1.54) is 11.9 Å². The highest BCUT2D eigenvalue weighted by Crippen LogP contribution is 2.31. The van der Waals surface area contributed by atoms with Crippen LogP contribution >= 0.6 is 0 Å². The van der Waals surface area contributed by atoms with Gasteiger partial charge in [0, 0.05) is 25.1 Å². The molecule has 1 heterocycles. The zero-order valence-electron chi connectivity index (χ0n) is 15.4. The highest BCUT2D eigenvalue weighted by atomic mass is 19.2. The Bertz CT molecular complexity index is 948. The Morgan fingerprint density at radius 1 is 1.18 bits per heavy atom. The fraction of sp³-hybridized carbons (Fsp3) is 0.250. The number of para-hydroxylation sites is 2. The highest BCUT2D eigenvalue weighted by molar-refractivity contribution is 6.06. The summed E-state index contributed by atoms with van der Waals surface area (Å²) in [6, 6.07) is 9.31. The maximum Gasteiger partial charge on any atom is 0.254 e. The van der Waals surface area contributed by atoms with Crippen molar-refractivity contribution >= 4 is 29.1 Å². The number of carbonyl (C=O) groups is 3. The second-order valence-electron chi connectivity index (χ2n) is 6.67. The van der Waals surface area contributed by atoms with E-state index in [9.17, 15) is 23.2 Å². The number of nitrogens with zero attached hydrogens (tertiary/aromatic N) is 2. The van der Waals surface area contributed by atoms with Crippen LogP contribution in [-0.2, 0) is 9.59 Å². The minimum atomic E-state index is -1.13. The van der Waals surface area contributed by atoms with Gasteiger partial charge in [-0.3, -0.25) is 14.4 Å². The van der Waals surface area contributed by atoms with Crippen molar-refractivity contribution in [2.75, 3.05) is 23.8 Å². The lowest BCUT2D eigenvalue weighted by molar-refractivity contribution is -0.119. The molecule has 0 aliphatic carbocycles. The largest absolute Gasteiger partial charge is 0.332 e. The Kier molecular flexibility index (Phi) is 5.39. The SMILES string of the molecule is C[C@H]1CC(=O)Nc2ccccc2N1C(=O)CN(C)C(=O)c1ccc(F)c(F)c1. The Morgan fingerprint density at radius 3 is 2.61 bits per heavy atom. The van der Waals surface area contributed by atoms with Gasteiger partial charge in [0.25, 0.3) is 5.91 Å². The van der Waals surface area contributed by atoms with Crippen molar-refractivity contribution < 1.29 is 23.2 Å². The van der Waals surface area contributed by atoms with Crippen LogP contribution in [0.5, 0.6) is 0 Å². The van der Waals surface area contributed by atoms with Crippen molar-refractivity contribution in [3.8, 4) is 0 Å². The van der Waals surface area contributed by atoms with Crippen molar-refractivity contribution in [2.24, 2.45) is 0 Å². The van der Waals surface area contributed by atoms with Crippen molar-refractivity contribution in [1.29, 1.82) is 0 Å². The van der Waals surface area contributed by atoms with Crippen molar-refractivity contribution in [3.63, 3.8) is 0 Å². The van der Waals surface area contributed by atoms with Gasteiger partial charge in [0.1, 0.15) is 6.54 Å². The molecule has 1 atom stereocenters. The van der Waals surface area contributed by atoms with Crippen LogP contribution in [0, 0.1) is 11.6 Å². The first-order valence-corrected chi connectivity index (χ1v) is 8.69. The van der Waals surface area contributed by atoms with Crippen LogP contribution in [-0.4, -0.2) is 42.3 Å². The van der Waals surface area contributed by atoms with Gasteiger partial charge in [0.2, 0.25) is 11.8 Å². The highest BCUT2D eigenvalue weighted by Gasteiger charge is 2.30. The van der Waals surface area contributed by atoms with E-state index in [0.717, 1.165) is 23.1 Å². The maximum atomic E-state index is 13.4. The van der Waals surface area contributed by atoms with Gasteiger partial charge in [-0.05, 0) is 37.3 Å². The number of fused-ring (bicyclic) bond motifs is 1. The van der Waals surface area contributed by atoms with E-state index in [-0.39, 0.29) is 24.4 Å². The first-order chi connectivity index (χ1) is 13.3. The number of anilines is 2. The number of rotatable bonds is 3. The molecular formula is C20H19F2N3O3. The molecule has 0 bridgehead atoms. The topological polar surface area (TPSA) is 69.7 Å². The predicted molar refractivity (Wildman–Crippen MR) is 100.0 cm³/mol. The van der Waals surface area contributed by atoms with Gasteiger partial charge in [-0.2, -0.15) is 0 Å². The van der Waals surface area contributed by atoms with Gasteiger partial charge >= 0.3 is 0 Å². The lowest BCUT2D eigenvalue weighted by Crippen LogP contribution is -2.45. The molecule has 1 aliphatic rings. The minimum Gasteiger partial charge on any atom is -0.332 e. The van der Waals surface area contributed by atoms with Gasteiger partial charge in [0.05, 0.1) is 11.4 Å². The second-order valence-corrected chi connectivity index (χ2v) is 6.67. The molecule has 3 amide bonds. The fourth-order valence-corrected chi connectivity index (χ4v) is 3.17. The third-order valence-electron chi connectivity index (χ3n) is 4.51. The summed E-state index contributed by atoms with van der Waals surface area (Å²) >= 11 is 0. The Hall–Kier alpha value is -3.29. The number of nitrogens with one attached hydrogen (secondary N) is 1. The summed E-state index contributed by atoms with van der Waals surface area (Å²) in [5.41, 5.74) is 0.995. The average Bonchev–Trinajstić information content (AvgIpc) is 2.77. The van der Waals surface area contributed by atoms with Crippen LogP contribution in [0.25, 0.3) is 0 Å². The molecule has 6 nitrogen and oxygen atoms in total. The van der Waals surface area contributed by atoms with Gasteiger partial charge in [0.15, 0.2) is 11.6 Å². The molecule has 3 rings (SSSR count). The molecule has 8 heteroatoms. The first-order valence-electron chi connectivity index (χ1n) is 8.69. The Labute approximate surface area is 160 Å². The molecule has 146 valence electrons.